The summed E-state index contributed by atoms with van der Waals surface area (Å²) in [6.07, 6.45) is 15.2. The minimum atomic E-state index is -3.47. The van der Waals surface area contributed by atoms with E-state index in [4.69, 9.17) is 13.4 Å². The summed E-state index contributed by atoms with van der Waals surface area (Å²) in [5.74, 6) is 0. The van der Waals surface area contributed by atoms with Gasteiger partial charge in [0.05, 0.1) is 0 Å². The SMILES string of the molecule is COP(=O)(OC)OP(C)(C1CCCC1)(C1CCCC1)C1CCCC1. The van der Waals surface area contributed by atoms with E-state index >= 15 is 0 Å². The second-order valence-electron chi connectivity index (χ2n) is 8.43. The predicted octanol–water partition coefficient (Wildman–Crippen LogP) is 6.33. The number of phosphoric ester groups is 1. The van der Waals surface area contributed by atoms with Gasteiger partial charge in [-0.3, -0.25) is 0 Å². The van der Waals surface area contributed by atoms with Gasteiger partial charge in [0.1, 0.15) is 0 Å². The summed E-state index contributed by atoms with van der Waals surface area (Å²) in [7, 11) is -0.516. The van der Waals surface area contributed by atoms with Gasteiger partial charge < -0.3 is 0 Å². The fourth-order valence-electron chi connectivity index (χ4n) is 6.21. The van der Waals surface area contributed by atoms with Gasteiger partial charge in [0.2, 0.25) is 0 Å². The first-order valence-corrected chi connectivity index (χ1v) is 14.2. The van der Waals surface area contributed by atoms with Crippen LogP contribution in [-0.4, -0.2) is 37.9 Å². The standard InChI is InChI=1S/C18H36O4P2/c1-20-23(19,21-2)22-24(3,16-10-4-5-11-16,17-12-6-7-13-17)18-14-8-9-15-18/h16-18H,4-15H2,1-3H3. The zero-order chi connectivity index (χ0) is 17.3. The van der Waals surface area contributed by atoms with Crippen LogP contribution < -0.4 is 0 Å². The van der Waals surface area contributed by atoms with Crippen LogP contribution in [0.3, 0.4) is 0 Å². The number of rotatable bonds is 7. The Morgan fingerprint density at radius 3 is 1.25 bits per heavy atom. The van der Waals surface area contributed by atoms with Crippen LogP contribution in [0.5, 0.6) is 0 Å². The summed E-state index contributed by atoms with van der Waals surface area (Å²) >= 11 is 0. The molecule has 3 rings (SSSR count). The molecule has 142 valence electrons. The summed E-state index contributed by atoms with van der Waals surface area (Å²) in [5, 5.41) is 0. The topological polar surface area (TPSA) is 44.8 Å². The quantitative estimate of drug-likeness (QED) is 0.486. The van der Waals surface area contributed by atoms with Crippen molar-refractivity contribution in [3.8, 4) is 0 Å². The monoisotopic (exact) mass is 378 g/mol. The molecule has 0 aliphatic heterocycles. The van der Waals surface area contributed by atoms with E-state index in [1.54, 1.807) is 0 Å². The summed E-state index contributed by atoms with van der Waals surface area (Å²) in [4.78, 5) is 0. The molecule has 0 unspecified atom stereocenters. The predicted molar refractivity (Wildman–Crippen MR) is 102 cm³/mol. The van der Waals surface area contributed by atoms with E-state index in [9.17, 15) is 4.57 Å². The Morgan fingerprint density at radius 1 is 0.708 bits per heavy atom. The number of hydrogen-bond donors (Lipinski definition) is 0. The van der Waals surface area contributed by atoms with Crippen molar-refractivity contribution in [2.75, 3.05) is 20.9 Å². The maximum absolute atomic E-state index is 13.2. The van der Waals surface area contributed by atoms with E-state index in [1.807, 2.05) is 0 Å². The van der Waals surface area contributed by atoms with Crippen molar-refractivity contribution >= 4 is 14.7 Å². The molecule has 0 atom stereocenters. The molecule has 0 spiro atoms. The minimum absolute atomic E-state index is 0.598. The van der Waals surface area contributed by atoms with E-state index in [0.717, 1.165) is 0 Å². The second-order valence-corrected chi connectivity index (χ2v) is 16.3. The van der Waals surface area contributed by atoms with Crippen molar-refractivity contribution in [3.63, 3.8) is 0 Å². The summed E-state index contributed by atoms with van der Waals surface area (Å²) in [6, 6.07) is 0. The second kappa shape index (κ2) is 7.28. The average Bonchev–Trinajstić information content (AvgIpc) is 3.38. The molecule has 0 N–H and O–H groups in total. The van der Waals surface area contributed by atoms with Crippen LogP contribution in [0.15, 0.2) is 0 Å². The zero-order valence-corrected chi connectivity index (χ0v) is 17.5. The molecule has 6 heteroatoms. The summed E-state index contributed by atoms with van der Waals surface area (Å²) in [6.45, 7) is -0.240. The van der Waals surface area contributed by atoms with E-state index in [-0.39, 0.29) is 0 Å². The van der Waals surface area contributed by atoms with Gasteiger partial charge in [0, 0.05) is 0 Å². The molecule has 0 heterocycles. The first-order valence-electron chi connectivity index (χ1n) is 9.90. The fraction of sp³-hybridized carbons (Fsp3) is 1.00. The Labute approximate surface area is 148 Å². The number of hydrogen-bond acceptors (Lipinski definition) is 4. The van der Waals surface area contributed by atoms with Gasteiger partial charge in [-0.1, -0.05) is 0 Å². The Bertz CT molecular complexity index is 426. The van der Waals surface area contributed by atoms with Crippen molar-refractivity contribution in [3.05, 3.63) is 0 Å². The van der Waals surface area contributed by atoms with E-state index < -0.39 is 14.7 Å². The van der Waals surface area contributed by atoms with E-state index in [1.165, 1.54) is 91.3 Å². The van der Waals surface area contributed by atoms with Gasteiger partial charge in [0.25, 0.3) is 0 Å². The Morgan fingerprint density at radius 2 is 1.00 bits per heavy atom. The fourth-order valence-corrected chi connectivity index (χ4v) is 17.5. The molecular weight excluding hydrogens is 342 g/mol. The Hall–Kier alpha value is 0.540. The summed E-state index contributed by atoms with van der Waals surface area (Å²) < 4.78 is 30.7. The third kappa shape index (κ3) is 3.05. The molecule has 0 amide bonds. The van der Waals surface area contributed by atoms with Crippen molar-refractivity contribution in [1.82, 2.24) is 0 Å². The Kier molecular flexibility index (Phi) is 5.85. The zero-order valence-electron chi connectivity index (χ0n) is 15.7. The third-order valence-electron chi connectivity index (χ3n) is 7.55. The molecule has 4 nitrogen and oxygen atoms in total. The molecule has 0 aromatic rings. The van der Waals surface area contributed by atoms with Gasteiger partial charge in [-0.2, -0.15) is 0 Å². The first kappa shape index (κ1) is 19.3. The molecule has 0 aromatic carbocycles. The van der Waals surface area contributed by atoms with Gasteiger partial charge >= 0.3 is 147 Å². The normalized spacial score (nSPS) is 26.9. The van der Waals surface area contributed by atoms with Crippen molar-refractivity contribution in [1.29, 1.82) is 0 Å². The molecule has 0 aromatic heterocycles. The molecule has 3 fully saturated rings. The molecule has 3 aliphatic rings. The third-order valence-corrected chi connectivity index (χ3v) is 18.2. The van der Waals surface area contributed by atoms with Crippen LogP contribution >= 0.6 is 14.7 Å². The van der Waals surface area contributed by atoms with Gasteiger partial charge in [-0.05, 0) is 0 Å². The first-order chi connectivity index (χ1) is 11.5. The van der Waals surface area contributed by atoms with Gasteiger partial charge in [-0.15, -0.1) is 0 Å². The molecule has 0 radical (unpaired) electrons. The molecule has 0 saturated heterocycles. The van der Waals surface area contributed by atoms with Crippen LogP contribution in [0.25, 0.3) is 0 Å². The van der Waals surface area contributed by atoms with Crippen LogP contribution in [0, 0.1) is 0 Å². The van der Waals surface area contributed by atoms with Gasteiger partial charge in [-0.25, -0.2) is 0 Å². The molecular formula is C18H36O4P2. The van der Waals surface area contributed by atoms with Crippen LogP contribution in [0.4, 0.5) is 0 Å². The van der Waals surface area contributed by atoms with Crippen LogP contribution in [0.1, 0.15) is 77.0 Å². The molecule has 0 bridgehead atoms. The average molecular weight is 378 g/mol. The van der Waals surface area contributed by atoms with E-state index in [0.29, 0.717) is 17.0 Å². The van der Waals surface area contributed by atoms with Crippen molar-refractivity contribution < 1.29 is 17.9 Å². The maximum atomic E-state index is 13.2. The van der Waals surface area contributed by atoms with Crippen molar-refractivity contribution in [2.45, 2.75) is 94.0 Å². The van der Waals surface area contributed by atoms with Crippen molar-refractivity contribution in [2.24, 2.45) is 0 Å². The summed E-state index contributed by atoms with van der Waals surface area (Å²) in [5.41, 5.74) is 1.79. The molecule has 3 saturated carbocycles. The van der Waals surface area contributed by atoms with Crippen LogP contribution in [0.2, 0.25) is 0 Å². The molecule has 24 heavy (non-hydrogen) atoms. The van der Waals surface area contributed by atoms with Crippen LogP contribution in [-0.2, 0) is 17.9 Å². The number of phosphoric acid groups is 1. The van der Waals surface area contributed by atoms with E-state index in [2.05, 4.69) is 6.66 Å². The Balaban J connectivity index is 2.09. The molecule has 3 aliphatic carbocycles. The van der Waals surface area contributed by atoms with Gasteiger partial charge in [0.15, 0.2) is 0 Å².